The number of sulfonamides is 1. The molecule has 126 valence electrons. The molecule has 0 atom stereocenters. The first kappa shape index (κ1) is 18.1. The van der Waals surface area contributed by atoms with Crippen molar-refractivity contribution in [2.24, 2.45) is 5.10 Å². The second-order valence-corrected chi connectivity index (χ2v) is 7.58. The van der Waals surface area contributed by atoms with Crippen LogP contribution in [0.2, 0.25) is 0 Å². The summed E-state index contributed by atoms with van der Waals surface area (Å²) in [6.45, 7) is 3.20. The van der Waals surface area contributed by atoms with Crippen molar-refractivity contribution in [1.82, 2.24) is 4.83 Å². The number of nitro benzene ring substituents is 1. The predicted molar refractivity (Wildman–Crippen MR) is 94.5 cm³/mol. The van der Waals surface area contributed by atoms with E-state index in [9.17, 15) is 18.5 Å². The number of nitrogens with one attached hydrogen (secondary N) is 1. The molecule has 0 fully saturated rings. The van der Waals surface area contributed by atoms with Gasteiger partial charge in [-0.3, -0.25) is 10.1 Å². The average Bonchev–Trinajstić information content (AvgIpc) is 2.53. The van der Waals surface area contributed by atoms with E-state index in [0.29, 0.717) is 16.8 Å². The zero-order valence-electron chi connectivity index (χ0n) is 12.9. The zero-order chi connectivity index (χ0) is 17.9. The summed E-state index contributed by atoms with van der Waals surface area (Å²) in [6.07, 6.45) is 0. The largest absolute Gasteiger partial charge is 0.276 e. The number of benzene rings is 2. The van der Waals surface area contributed by atoms with Crippen LogP contribution < -0.4 is 4.83 Å². The lowest BCUT2D eigenvalue weighted by molar-refractivity contribution is -0.385. The molecule has 1 N–H and O–H groups in total. The maximum Gasteiger partial charge on any atom is 0.276 e. The SMILES string of the molecule is CC(=NNS(=O)(=O)c1ccc(Br)cc1)c1ccc(C)c([N+](=O)[O-])c1. The molecular formula is C15H14BrN3O4S. The Balaban J connectivity index is 2.27. The van der Waals surface area contributed by atoms with Crippen molar-refractivity contribution < 1.29 is 13.3 Å². The lowest BCUT2D eigenvalue weighted by Gasteiger charge is -2.06. The molecule has 0 aliphatic rings. The molecule has 0 aromatic heterocycles. The summed E-state index contributed by atoms with van der Waals surface area (Å²) in [5.74, 6) is 0. The highest BCUT2D eigenvalue weighted by Gasteiger charge is 2.15. The van der Waals surface area contributed by atoms with E-state index in [2.05, 4.69) is 25.9 Å². The Morgan fingerprint density at radius 2 is 1.83 bits per heavy atom. The van der Waals surface area contributed by atoms with E-state index in [1.807, 2.05) is 0 Å². The first-order chi connectivity index (χ1) is 11.2. The molecule has 2 aromatic carbocycles. The van der Waals surface area contributed by atoms with E-state index in [-0.39, 0.29) is 10.6 Å². The van der Waals surface area contributed by atoms with Gasteiger partial charge in [-0.1, -0.05) is 28.1 Å². The third-order valence-electron chi connectivity index (χ3n) is 3.28. The Labute approximate surface area is 147 Å². The van der Waals surface area contributed by atoms with Gasteiger partial charge < -0.3 is 0 Å². The Morgan fingerprint density at radius 1 is 1.21 bits per heavy atom. The number of hydrogen-bond acceptors (Lipinski definition) is 5. The van der Waals surface area contributed by atoms with Gasteiger partial charge in [-0.05, 0) is 38.1 Å². The van der Waals surface area contributed by atoms with Gasteiger partial charge >= 0.3 is 0 Å². The van der Waals surface area contributed by atoms with Crippen molar-refractivity contribution in [2.75, 3.05) is 0 Å². The highest BCUT2D eigenvalue weighted by Crippen LogP contribution is 2.20. The van der Waals surface area contributed by atoms with Crippen molar-refractivity contribution in [3.63, 3.8) is 0 Å². The number of halogens is 1. The Bertz CT molecular complexity index is 909. The van der Waals surface area contributed by atoms with Crippen LogP contribution in [0.4, 0.5) is 5.69 Å². The number of aryl methyl sites for hydroxylation is 1. The fourth-order valence-electron chi connectivity index (χ4n) is 1.89. The molecule has 0 spiro atoms. The quantitative estimate of drug-likeness (QED) is 0.462. The molecule has 2 rings (SSSR count). The van der Waals surface area contributed by atoms with Crippen LogP contribution in [0.15, 0.2) is 56.9 Å². The van der Waals surface area contributed by atoms with Crippen LogP contribution in [0.25, 0.3) is 0 Å². The summed E-state index contributed by atoms with van der Waals surface area (Å²) >= 11 is 3.23. The second kappa shape index (κ2) is 7.10. The summed E-state index contributed by atoms with van der Waals surface area (Å²) in [4.78, 5) is 12.7. The van der Waals surface area contributed by atoms with Gasteiger partial charge in [-0.15, -0.1) is 0 Å². The first-order valence-electron chi connectivity index (χ1n) is 6.78. The molecule has 0 saturated carbocycles. The van der Waals surface area contributed by atoms with Gasteiger partial charge in [-0.25, -0.2) is 0 Å². The Kier molecular flexibility index (Phi) is 5.35. The van der Waals surface area contributed by atoms with Crippen molar-refractivity contribution in [3.8, 4) is 0 Å². The van der Waals surface area contributed by atoms with Crippen LogP contribution in [0, 0.1) is 17.0 Å². The number of hydrazone groups is 1. The third kappa shape index (κ3) is 4.18. The molecule has 0 unspecified atom stereocenters. The lowest BCUT2D eigenvalue weighted by atomic mass is 10.1. The lowest BCUT2D eigenvalue weighted by Crippen LogP contribution is -2.20. The summed E-state index contributed by atoms with van der Waals surface area (Å²) < 4.78 is 25.1. The molecule has 0 heterocycles. The number of nitro groups is 1. The maximum absolute atomic E-state index is 12.2. The number of nitrogens with zero attached hydrogens (tertiary/aromatic N) is 2. The maximum atomic E-state index is 12.2. The van der Waals surface area contributed by atoms with Gasteiger partial charge in [0.15, 0.2) is 0 Å². The van der Waals surface area contributed by atoms with E-state index in [4.69, 9.17) is 0 Å². The van der Waals surface area contributed by atoms with Crippen molar-refractivity contribution >= 4 is 37.4 Å². The van der Waals surface area contributed by atoms with E-state index >= 15 is 0 Å². The molecule has 0 aliphatic carbocycles. The van der Waals surface area contributed by atoms with Crippen LogP contribution in [-0.2, 0) is 10.0 Å². The fraction of sp³-hybridized carbons (Fsp3) is 0.133. The van der Waals surface area contributed by atoms with Crippen LogP contribution >= 0.6 is 15.9 Å². The second-order valence-electron chi connectivity index (χ2n) is 5.00. The van der Waals surface area contributed by atoms with Gasteiger partial charge in [-0.2, -0.15) is 18.4 Å². The topological polar surface area (TPSA) is 102 Å². The molecule has 9 heteroatoms. The predicted octanol–water partition coefficient (Wildman–Crippen LogP) is 3.37. The highest BCUT2D eigenvalue weighted by molar-refractivity contribution is 9.10. The van der Waals surface area contributed by atoms with Gasteiger partial charge in [0.25, 0.3) is 15.7 Å². The summed E-state index contributed by atoms with van der Waals surface area (Å²) in [5.41, 5.74) is 1.26. The minimum absolute atomic E-state index is 0.0437. The molecule has 0 saturated heterocycles. The van der Waals surface area contributed by atoms with E-state index < -0.39 is 14.9 Å². The van der Waals surface area contributed by atoms with Gasteiger partial charge in [0.1, 0.15) is 0 Å². The highest BCUT2D eigenvalue weighted by atomic mass is 79.9. The molecule has 2 aromatic rings. The normalized spacial score (nSPS) is 12.0. The summed E-state index contributed by atoms with van der Waals surface area (Å²) in [5, 5.41) is 14.8. The molecule has 0 aliphatic heterocycles. The minimum Gasteiger partial charge on any atom is -0.258 e. The van der Waals surface area contributed by atoms with Crippen molar-refractivity contribution in [1.29, 1.82) is 0 Å². The number of rotatable bonds is 5. The van der Waals surface area contributed by atoms with E-state index in [1.165, 1.54) is 18.2 Å². The Hall–Kier alpha value is -2.26. The van der Waals surface area contributed by atoms with E-state index in [1.54, 1.807) is 38.1 Å². The van der Waals surface area contributed by atoms with Gasteiger partial charge in [0.2, 0.25) is 0 Å². The summed E-state index contributed by atoms with van der Waals surface area (Å²) in [6, 6.07) is 10.7. The molecular weight excluding hydrogens is 398 g/mol. The van der Waals surface area contributed by atoms with E-state index in [0.717, 1.165) is 4.47 Å². The smallest absolute Gasteiger partial charge is 0.258 e. The van der Waals surface area contributed by atoms with Crippen LogP contribution in [0.5, 0.6) is 0 Å². The molecule has 24 heavy (non-hydrogen) atoms. The molecule has 7 nitrogen and oxygen atoms in total. The molecule has 0 radical (unpaired) electrons. The average molecular weight is 412 g/mol. The fourth-order valence-corrected chi connectivity index (χ4v) is 3.01. The number of hydrogen-bond donors (Lipinski definition) is 1. The molecule has 0 amide bonds. The van der Waals surface area contributed by atoms with Gasteiger partial charge in [0, 0.05) is 21.7 Å². The minimum atomic E-state index is -3.81. The van der Waals surface area contributed by atoms with Crippen LogP contribution in [0.3, 0.4) is 0 Å². The van der Waals surface area contributed by atoms with Crippen molar-refractivity contribution in [2.45, 2.75) is 18.7 Å². The molecule has 0 bridgehead atoms. The van der Waals surface area contributed by atoms with Crippen LogP contribution in [-0.4, -0.2) is 19.1 Å². The summed E-state index contributed by atoms with van der Waals surface area (Å²) in [7, 11) is -3.81. The monoisotopic (exact) mass is 411 g/mol. The zero-order valence-corrected chi connectivity index (χ0v) is 15.3. The third-order valence-corrected chi connectivity index (χ3v) is 5.03. The van der Waals surface area contributed by atoms with Gasteiger partial charge in [0.05, 0.1) is 15.5 Å². The first-order valence-corrected chi connectivity index (χ1v) is 9.05. The van der Waals surface area contributed by atoms with Crippen LogP contribution in [0.1, 0.15) is 18.1 Å². The Morgan fingerprint density at radius 3 is 2.42 bits per heavy atom. The van der Waals surface area contributed by atoms with Crippen molar-refractivity contribution in [3.05, 3.63) is 68.2 Å². The standard InChI is InChI=1S/C15H14BrN3O4S/c1-10-3-4-12(9-15(10)19(20)21)11(2)17-18-24(22,23)14-7-5-13(16)6-8-14/h3-9,18H,1-2H3.